The second-order valence-corrected chi connectivity index (χ2v) is 8.87. The molecule has 4 rings (SSSR count). The summed E-state index contributed by atoms with van der Waals surface area (Å²) in [6, 6.07) is 5.18. The van der Waals surface area contributed by atoms with Gasteiger partial charge in [-0.1, -0.05) is 0 Å². The molecule has 2 fully saturated rings. The lowest BCUT2D eigenvalue weighted by atomic mass is 10.00. The number of hydrogen-bond donors (Lipinski definition) is 2. The van der Waals surface area contributed by atoms with Gasteiger partial charge in [0, 0.05) is 30.4 Å². The highest BCUT2D eigenvalue weighted by Gasteiger charge is 2.31. The molecule has 1 saturated carbocycles. The van der Waals surface area contributed by atoms with E-state index in [1.54, 1.807) is 6.07 Å². The molecule has 1 aliphatic heterocycles. The van der Waals surface area contributed by atoms with Gasteiger partial charge in [-0.15, -0.1) is 0 Å². The van der Waals surface area contributed by atoms with Crippen LogP contribution in [0.5, 0.6) is 0 Å². The van der Waals surface area contributed by atoms with Crippen LogP contribution in [0.3, 0.4) is 0 Å². The van der Waals surface area contributed by atoms with Crippen molar-refractivity contribution in [3.05, 3.63) is 51.6 Å². The molecule has 0 spiro atoms. The minimum Gasteiger partial charge on any atom is -0.381 e. The SMILES string of the molecule is O=C(NCC1CCOCC1)c1cnc(Nc2cc(C(F)(F)F)ccc2Br)cc1C1CC1. The van der Waals surface area contributed by atoms with Gasteiger partial charge < -0.3 is 15.4 Å². The standard InChI is InChI=1S/C22H23BrF3N3O2/c23-18-4-3-15(22(24,25)26)9-19(18)29-20-10-16(14-1-2-14)17(12-27-20)21(30)28-11-13-5-7-31-8-6-13/h3-4,9-10,12-14H,1-2,5-8,11H2,(H,27,29)(H,28,30). The Morgan fingerprint density at radius 1 is 1.16 bits per heavy atom. The Kier molecular flexibility index (Phi) is 6.52. The predicted molar refractivity (Wildman–Crippen MR) is 115 cm³/mol. The lowest BCUT2D eigenvalue weighted by Crippen LogP contribution is -2.32. The van der Waals surface area contributed by atoms with Crippen molar-refractivity contribution < 1.29 is 22.7 Å². The third kappa shape index (κ3) is 5.57. The highest BCUT2D eigenvalue weighted by molar-refractivity contribution is 9.10. The summed E-state index contributed by atoms with van der Waals surface area (Å²) in [5.41, 5.74) is 0.929. The number of rotatable bonds is 6. The molecule has 2 aliphatic rings. The zero-order valence-corrected chi connectivity index (χ0v) is 18.4. The maximum absolute atomic E-state index is 13.1. The number of alkyl halides is 3. The fourth-order valence-electron chi connectivity index (χ4n) is 3.68. The van der Waals surface area contributed by atoms with E-state index in [-0.39, 0.29) is 17.5 Å². The predicted octanol–water partition coefficient (Wildman–Crippen LogP) is 5.64. The van der Waals surface area contributed by atoms with Gasteiger partial charge in [0.25, 0.3) is 5.91 Å². The van der Waals surface area contributed by atoms with Crippen LogP contribution >= 0.6 is 15.9 Å². The van der Waals surface area contributed by atoms with Gasteiger partial charge in [0.05, 0.1) is 16.8 Å². The zero-order chi connectivity index (χ0) is 22.0. The Morgan fingerprint density at radius 2 is 1.90 bits per heavy atom. The van der Waals surface area contributed by atoms with Crippen LogP contribution in [0.2, 0.25) is 0 Å². The van der Waals surface area contributed by atoms with E-state index >= 15 is 0 Å². The van der Waals surface area contributed by atoms with Crippen LogP contribution < -0.4 is 10.6 Å². The van der Waals surface area contributed by atoms with Gasteiger partial charge >= 0.3 is 6.18 Å². The van der Waals surface area contributed by atoms with Crippen molar-refractivity contribution >= 4 is 33.3 Å². The maximum Gasteiger partial charge on any atom is 0.416 e. The first-order chi connectivity index (χ1) is 14.8. The number of carbonyl (C=O) groups is 1. The number of aromatic nitrogens is 1. The fraction of sp³-hybridized carbons (Fsp3) is 0.455. The summed E-state index contributed by atoms with van der Waals surface area (Å²) in [6.07, 6.45) is 0.909. The van der Waals surface area contributed by atoms with Crippen LogP contribution in [0.25, 0.3) is 0 Å². The van der Waals surface area contributed by atoms with E-state index in [1.165, 1.54) is 12.3 Å². The van der Waals surface area contributed by atoms with Gasteiger partial charge in [0.1, 0.15) is 5.82 Å². The fourth-order valence-corrected chi connectivity index (χ4v) is 4.03. The Labute approximate surface area is 186 Å². The van der Waals surface area contributed by atoms with Gasteiger partial charge in [-0.25, -0.2) is 4.98 Å². The molecule has 1 aromatic carbocycles. The molecule has 0 atom stereocenters. The van der Waals surface area contributed by atoms with E-state index in [0.717, 1.165) is 56.6 Å². The minimum atomic E-state index is -4.43. The summed E-state index contributed by atoms with van der Waals surface area (Å²) >= 11 is 3.28. The molecule has 1 amide bonds. The number of anilines is 2. The lowest BCUT2D eigenvalue weighted by Gasteiger charge is -2.22. The number of halogens is 4. The third-order valence-corrected chi connectivity index (χ3v) is 6.34. The average molecular weight is 498 g/mol. The molecule has 166 valence electrons. The van der Waals surface area contributed by atoms with Gasteiger partial charge in [-0.3, -0.25) is 4.79 Å². The Hall–Kier alpha value is -2.13. The summed E-state index contributed by atoms with van der Waals surface area (Å²) in [5, 5.41) is 5.96. The monoisotopic (exact) mass is 497 g/mol. The second kappa shape index (κ2) is 9.16. The quantitative estimate of drug-likeness (QED) is 0.541. The van der Waals surface area contributed by atoms with E-state index in [4.69, 9.17) is 4.74 Å². The normalized spacial score (nSPS) is 17.4. The minimum absolute atomic E-state index is 0.160. The van der Waals surface area contributed by atoms with Crippen LogP contribution in [0.15, 0.2) is 34.9 Å². The van der Waals surface area contributed by atoms with Crippen LogP contribution in [0.1, 0.15) is 53.1 Å². The molecule has 2 aromatic rings. The number of ether oxygens (including phenoxy) is 1. The Bertz CT molecular complexity index is 958. The number of pyridine rings is 1. The van der Waals surface area contributed by atoms with Gasteiger partial charge in [0.2, 0.25) is 0 Å². The first kappa shape index (κ1) is 22.1. The first-order valence-corrected chi connectivity index (χ1v) is 11.1. The molecule has 31 heavy (non-hydrogen) atoms. The van der Waals surface area contributed by atoms with Crippen molar-refractivity contribution in [3.63, 3.8) is 0 Å². The van der Waals surface area contributed by atoms with Crippen LogP contribution in [0.4, 0.5) is 24.7 Å². The van der Waals surface area contributed by atoms with Crippen molar-refractivity contribution in [3.8, 4) is 0 Å². The summed E-state index contributed by atoms with van der Waals surface area (Å²) < 4.78 is 45.0. The van der Waals surface area contributed by atoms with E-state index in [1.807, 2.05) is 0 Å². The van der Waals surface area contributed by atoms with E-state index in [2.05, 4.69) is 31.5 Å². The zero-order valence-electron chi connectivity index (χ0n) is 16.8. The molecule has 1 aliphatic carbocycles. The molecular formula is C22H23BrF3N3O2. The molecule has 1 aromatic heterocycles. The lowest BCUT2D eigenvalue weighted by molar-refractivity contribution is -0.137. The summed E-state index contributed by atoms with van der Waals surface area (Å²) in [6.45, 7) is 2.05. The van der Waals surface area contributed by atoms with Crippen LogP contribution in [-0.4, -0.2) is 30.6 Å². The Morgan fingerprint density at radius 3 is 2.58 bits per heavy atom. The maximum atomic E-state index is 13.1. The highest BCUT2D eigenvalue weighted by Crippen LogP contribution is 2.43. The van der Waals surface area contributed by atoms with Crippen molar-refractivity contribution in [1.82, 2.24) is 10.3 Å². The molecule has 2 N–H and O–H groups in total. The van der Waals surface area contributed by atoms with Crippen molar-refractivity contribution in [1.29, 1.82) is 0 Å². The number of hydrogen-bond acceptors (Lipinski definition) is 4. The molecule has 0 radical (unpaired) electrons. The molecule has 9 heteroatoms. The van der Waals surface area contributed by atoms with Gasteiger partial charge in [0.15, 0.2) is 0 Å². The van der Waals surface area contributed by atoms with E-state index < -0.39 is 11.7 Å². The van der Waals surface area contributed by atoms with E-state index in [9.17, 15) is 18.0 Å². The third-order valence-electron chi connectivity index (χ3n) is 5.65. The smallest absolute Gasteiger partial charge is 0.381 e. The van der Waals surface area contributed by atoms with Gasteiger partial charge in [-0.05, 0) is 83.3 Å². The van der Waals surface area contributed by atoms with Crippen molar-refractivity contribution in [2.24, 2.45) is 5.92 Å². The largest absolute Gasteiger partial charge is 0.416 e. The number of nitrogens with one attached hydrogen (secondary N) is 2. The number of nitrogens with zero attached hydrogens (tertiary/aromatic N) is 1. The van der Waals surface area contributed by atoms with Crippen LogP contribution in [-0.2, 0) is 10.9 Å². The summed E-state index contributed by atoms with van der Waals surface area (Å²) in [7, 11) is 0. The molecule has 0 bridgehead atoms. The summed E-state index contributed by atoms with van der Waals surface area (Å²) in [5.74, 6) is 0.933. The van der Waals surface area contributed by atoms with Crippen molar-refractivity contribution in [2.75, 3.05) is 25.1 Å². The Balaban J connectivity index is 1.51. The number of amides is 1. The van der Waals surface area contributed by atoms with Crippen molar-refractivity contribution in [2.45, 2.75) is 37.8 Å². The van der Waals surface area contributed by atoms with Gasteiger partial charge in [-0.2, -0.15) is 13.2 Å². The topological polar surface area (TPSA) is 63.2 Å². The molecule has 5 nitrogen and oxygen atoms in total. The molecule has 1 saturated heterocycles. The second-order valence-electron chi connectivity index (χ2n) is 8.01. The van der Waals surface area contributed by atoms with Crippen LogP contribution in [0, 0.1) is 5.92 Å². The molecular weight excluding hydrogens is 475 g/mol. The highest BCUT2D eigenvalue weighted by atomic mass is 79.9. The first-order valence-electron chi connectivity index (χ1n) is 10.3. The number of carbonyl (C=O) groups excluding carboxylic acids is 1. The number of benzene rings is 1. The molecule has 0 unspecified atom stereocenters. The molecule has 2 heterocycles. The average Bonchev–Trinajstić information content (AvgIpc) is 3.59. The summed E-state index contributed by atoms with van der Waals surface area (Å²) in [4.78, 5) is 17.1. The van der Waals surface area contributed by atoms with E-state index in [0.29, 0.717) is 28.3 Å².